The second kappa shape index (κ2) is 8.78. The molecule has 29 heavy (non-hydrogen) atoms. The van der Waals surface area contributed by atoms with Crippen LogP contribution in [0.2, 0.25) is 0 Å². The molecule has 1 aromatic carbocycles. The third-order valence-electron chi connectivity index (χ3n) is 5.34. The molecule has 0 amide bonds. The number of carbonyl (C=O) groups excluding carboxylic acids is 1. The van der Waals surface area contributed by atoms with Crippen LogP contribution >= 0.6 is 0 Å². The molecule has 7 heteroatoms. The number of rotatable bonds is 8. The first kappa shape index (κ1) is 22.6. The van der Waals surface area contributed by atoms with E-state index in [1.54, 1.807) is 38.0 Å². The summed E-state index contributed by atoms with van der Waals surface area (Å²) in [6.07, 6.45) is 0.433. The highest BCUT2D eigenvalue weighted by atomic mass is 16.5. The number of ether oxygens (including phenoxy) is 2. The van der Waals surface area contributed by atoms with E-state index in [2.05, 4.69) is 4.98 Å². The Kier molecular flexibility index (Phi) is 6.85. The predicted molar refractivity (Wildman–Crippen MR) is 114 cm³/mol. The molecule has 0 N–H and O–H groups in total. The normalized spacial score (nSPS) is 11.4. The zero-order valence-corrected chi connectivity index (χ0v) is 18.8. The SMILES string of the molecule is COc1cc2nc(C[N+](C)(C)CCC(=O)C(C)=C(C)C)c(=O)n(C)c2cc1OC. The van der Waals surface area contributed by atoms with Crippen LogP contribution in [0, 0.1) is 0 Å². The quantitative estimate of drug-likeness (QED) is 0.502. The molecule has 158 valence electrons. The monoisotopic (exact) mass is 402 g/mol. The largest absolute Gasteiger partial charge is 0.493 e. The van der Waals surface area contributed by atoms with Crippen LogP contribution in [-0.4, -0.2) is 54.7 Å². The van der Waals surface area contributed by atoms with Gasteiger partial charge in [0.15, 0.2) is 23.0 Å². The van der Waals surface area contributed by atoms with Gasteiger partial charge in [-0.1, -0.05) is 5.57 Å². The van der Waals surface area contributed by atoms with Gasteiger partial charge in [-0.15, -0.1) is 0 Å². The van der Waals surface area contributed by atoms with Gasteiger partial charge in [0, 0.05) is 19.2 Å². The van der Waals surface area contributed by atoms with E-state index in [0.717, 1.165) is 11.1 Å². The maximum absolute atomic E-state index is 12.9. The second-order valence-corrected chi connectivity index (χ2v) is 8.23. The van der Waals surface area contributed by atoms with E-state index >= 15 is 0 Å². The smallest absolute Gasteiger partial charge is 0.278 e. The van der Waals surface area contributed by atoms with E-state index in [1.807, 2.05) is 34.9 Å². The number of fused-ring (bicyclic) bond motifs is 1. The fourth-order valence-corrected chi connectivity index (χ4v) is 3.17. The van der Waals surface area contributed by atoms with Crippen molar-refractivity contribution >= 4 is 16.8 Å². The van der Waals surface area contributed by atoms with Crippen molar-refractivity contribution in [2.45, 2.75) is 33.7 Å². The van der Waals surface area contributed by atoms with E-state index in [0.29, 0.717) is 52.2 Å². The number of hydrogen-bond donors (Lipinski definition) is 0. The molecule has 0 saturated heterocycles. The lowest BCUT2D eigenvalue weighted by Crippen LogP contribution is -2.43. The molecular formula is C22H32N3O4+. The van der Waals surface area contributed by atoms with Crippen molar-refractivity contribution in [2.24, 2.45) is 7.05 Å². The molecule has 0 spiro atoms. The zero-order valence-electron chi connectivity index (χ0n) is 18.8. The van der Waals surface area contributed by atoms with Gasteiger partial charge in [-0.3, -0.25) is 9.59 Å². The minimum atomic E-state index is -0.150. The van der Waals surface area contributed by atoms with Crippen LogP contribution < -0.4 is 15.0 Å². The molecule has 0 saturated carbocycles. The third-order valence-corrected chi connectivity index (χ3v) is 5.34. The van der Waals surface area contributed by atoms with Crippen LogP contribution in [0.25, 0.3) is 11.0 Å². The van der Waals surface area contributed by atoms with Crippen molar-refractivity contribution in [3.8, 4) is 11.5 Å². The molecule has 0 aliphatic carbocycles. The van der Waals surface area contributed by atoms with Gasteiger partial charge in [-0.2, -0.15) is 0 Å². The summed E-state index contributed by atoms with van der Waals surface area (Å²) in [6.45, 7) is 6.80. The van der Waals surface area contributed by atoms with E-state index in [4.69, 9.17) is 9.47 Å². The first-order valence-electron chi connectivity index (χ1n) is 9.61. The van der Waals surface area contributed by atoms with Crippen LogP contribution in [0.15, 0.2) is 28.1 Å². The average Bonchev–Trinajstić information content (AvgIpc) is 2.68. The number of allylic oxidation sites excluding steroid dienone is 2. The maximum atomic E-state index is 12.9. The molecule has 2 rings (SSSR count). The van der Waals surface area contributed by atoms with E-state index in [1.165, 1.54) is 0 Å². The molecular weight excluding hydrogens is 370 g/mol. The zero-order chi connectivity index (χ0) is 21.9. The van der Waals surface area contributed by atoms with Crippen LogP contribution in [-0.2, 0) is 18.4 Å². The fourth-order valence-electron chi connectivity index (χ4n) is 3.17. The Balaban J connectivity index is 2.35. The molecule has 1 heterocycles. The Labute approximate surface area is 172 Å². The minimum Gasteiger partial charge on any atom is -0.493 e. The Morgan fingerprint density at radius 2 is 1.69 bits per heavy atom. The summed E-state index contributed by atoms with van der Waals surface area (Å²) in [7, 11) is 8.86. The molecule has 0 fully saturated rings. The number of aromatic nitrogens is 2. The highest BCUT2D eigenvalue weighted by molar-refractivity contribution is 5.95. The number of nitrogens with zero attached hydrogens (tertiary/aromatic N) is 3. The first-order chi connectivity index (χ1) is 13.5. The van der Waals surface area contributed by atoms with Crippen molar-refractivity contribution in [2.75, 3.05) is 34.9 Å². The van der Waals surface area contributed by atoms with Crippen molar-refractivity contribution < 1.29 is 18.8 Å². The Morgan fingerprint density at radius 3 is 2.24 bits per heavy atom. The topological polar surface area (TPSA) is 70.4 Å². The fraction of sp³-hybridized carbons (Fsp3) is 0.500. The summed E-state index contributed by atoms with van der Waals surface area (Å²) in [5, 5.41) is 0. The number of aryl methyl sites for hydroxylation is 1. The Hall–Kier alpha value is -2.67. The highest BCUT2D eigenvalue weighted by Crippen LogP contribution is 2.30. The molecule has 0 atom stereocenters. The molecule has 7 nitrogen and oxygen atoms in total. The van der Waals surface area contributed by atoms with Gasteiger partial charge < -0.3 is 18.5 Å². The summed E-state index contributed by atoms with van der Waals surface area (Å²) in [6, 6.07) is 3.53. The first-order valence-corrected chi connectivity index (χ1v) is 9.61. The number of benzene rings is 1. The number of carbonyl (C=O) groups is 1. The molecule has 0 aliphatic rings. The Bertz CT molecular complexity index is 1010. The third kappa shape index (κ3) is 5.03. The number of Topliss-reactive ketones (excluding diaryl/α,β-unsaturated/α-hetero) is 1. The minimum absolute atomic E-state index is 0.146. The lowest BCUT2D eigenvalue weighted by atomic mass is 10.1. The van der Waals surface area contributed by atoms with Gasteiger partial charge in [0.2, 0.25) is 0 Å². The Morgan fingerprint density at radius 1 is 1.10 bits per heavy atom. The summed E-state index contributed by atoms with van der Waals surface area (Å²) >= 11 is 0. The molecule has 0 bridgehead atoms. The number of methoxy groups -OCH3 is 2. The summed E-state index contributed by atoms with van der Waals surface area (Å²) < 4.78 is 12.8. The summed E-state index contributed by atoms with van der Waals surface area (Å²) in [5.41, 5.74) is 3.50. The van der Waals surface area contributed by atoms with E-state index < -0.39 is 0 Å². The number of quaternary nitrogens is 1. The van der Waals surface area contributed by atoms with Gasteiger partial charge in [0.05, 0.1) is 52.3 Å². The average molecular weight is 403 g/mol. The van der Waals surface area contributed by atoms with Gasteiger partial charge >= 0.3 is 0 Å². The molecule has 0 unspecified atom stereocenters. The summed E-state index contributed by atoms with van der Waals surface area (Å²) in [5.74, 6) is 1.26. The molecule has 1 aromatic heterocycles. The summed E-state index contributed by atoms with van der Waals surface area (Å²) in [4.78, 5) is 29.8. The van der Waals surface area contributed by atoms with Crippen LogP contribution in [0.5, 0.6) is 11.5 Å². The molecule has 0 radical (unpaired) electrons. The van der Waals surface area contributed by atoms with Crippen molar-refractivity contribution in [1.82, 2.24) is 9.55 Å². The lowest BCUT2D eigenvalue weighted by molar-refractivity contribution is -0.903. The second-order valence-electron chi connectivity index (χ2n) is 8.23. The van der Waals surface area contributed by atoms with E-state index in [-0.39, 0.29) is 11.3 Å². The van der Waals surface area contributed by atoms with Crippen LogP contribution in [0.1, 0.15) is 32.9 Å². The van der Waals surface area contributed by atoms with Gasteiger partial charge in [0.25, 0.3) is 5.56 Å². The van der Waals surface area contributed by atoms with Crippen LogP contribution in [0.3, 0.4) is 0 Å². The number of hydrogen-bond acceptors (Lipinski definition) is 5. The standard InChI is InChI=1S/C22H32N3O4/c1-14(2)15(3)19(26)9-10-25(5,6)13-17-22(27)24(4)18-12-21(29-8)20(28-7)11-16(18)23-17/h11-12H,9-10,13H2,1-8H3/q+1. The molecule has 0 aliphatic heterocycles. The molecule has 2 aromatic rings. The van der Waals surface area contributed by atoms with Gasteiger partial charge in [-0.05, 0) is 26.3 Å². The number of ketones is 1. The van der Waals surface area contributed by atoms with E-state index in [9.17, 15) is 9.59 Å². The van der Waals surface area contributed by atoms with Gasteiger partial charge in [-0.25, -0.2) is 4.98 Å². The lowest BCUT2D eigenvalue weighted by Gasteiger charge is -2.29. The predicted octanol–water partition coefficient (Wildman–Crippen LogP) is 2.84. The van der Waals surface area contributed by atoms with Crippen molar-refractivity contribution in [3.63, 3.8) is 0 Å². The maximum Gasteiger partial charge on any atom is 0.278 e. The van der Waals surface area contributed by atoms with Crippen molar-refractivity contribution in [1.29, 1.82) is 0 Å². The van der Waals surface area contributed by atoms with Gasteiger partial charge in [0.1, 0.15) is 6.54 Å². The van der Waals surface area contributed by atoms with Crippen LogP contribution in [0.4, 0.5) is 0 Å². The highest BCUT2D eigenvalue weighted by Gasteiger charge is 2.23. The van der Waals surface area contributed by atoms with Crippen molar-refractivity contribution in [3.05, 3.63) is 39.3 Å².